The Morgan fingerprint density at radius 3 is 1.88 bits per heavy atom. The topological polar surface area (TPSA) is 279 Å². The summed E-state index contributed by atoms with van der Waals surface area (Å²) in [5.41, 5.74) is -2.19. The van der Waals surface area contributed by atoms with Crippen LogP contribution in [0.25, 0.3) is 0 Å². The first-order valence-corrected chi connectivity index (χ1v) is 40.0. The number of rotatable bonds is 12. The van der Waals surface area contributed by atoms with Gasteiger partial charge in [-0.05, 0) is 158 Å². The van der Waals surface area contributed by atoms with Gasteiger partial charge in [0.1, 0.15) is 54.0 Å². The zero-order chi connectivity index (χ0) is 80.0. The van der Waals surface area contributed by atoms with E-state index in [2.05, 4.69) is 22.9 Å². The van der Waals surface area contributed by atoms with E-state index in [1.54, 1.807) is 13.8 Å². The van der Waals surface area contributed by atoms with Crippen LogP contribution < -0.4 is 16.0 Å². The third kappa shape index (κ3) is 22.4. The summed E-state index contributed by atoms with van der Waals surface area (Å²) in [5, 5.41) is 8.84. The highest BCUT2D eigenvalue weighted by molar-refractivity contribution is 6.00. The van der Waals surface area contributed by atoms with Crippen molar-refractivity contribution in [2.45, 2.75) is 288 Å². The number of hydrogen-bond acceptors (Lipinski definition) is 13. The van der Waals surface area contributed by atoms with Gasteiger partial charge in [-0.15, -0.1) is 0 Å². The Hall–Kier alpha value is -6.94. The highest BCUT2D eigenvalue weighted by atomic mass is 19.4. The first-order chi connectivity index (χ1) is 50.7. The van der Waals surface area contributed by atoms with E-state index in [9.17, 15) is 37.1 Å². The van der Waals surface area contributed by atoms with Crippen LogP contribution in [0.2, 0.25) is 0 Å². The number of hydrogen-bond donors (Lipinski definition) is 3. The molecule has 7 rings (SSSR count). The van der Waals surface area contributed by atoms with E-state index in [1.807, 2.05) is 39.8 Å². The maximum absolute atomic E-state index is 15.9. The molecule has 0 radical (unpaired) electrons. The number of nitrogens with zero attached hydrogens (tertiary/aromatic N) is 9. The van der Waals surface area contributed by atoms with Gasteiger partial charge in [0, 0.05) is 88.5 Å². The van der Waals surface area contributed by atoms with Gasteiger partial charge in [-0.3, -0.25) is 57.5 Å². The lowest BCUT2D eigenvalue weighted by molar-refractivity contribution is -0.201. The Morgan fingerprint density at radius 1 is 0.639 bits per heavy atom. The number of ether oxygens (including phenoxy) is 1. The van der Waals surface area contributed by atoms with Crippen molar-refractivity contribution < 1.29 is 79.8 Å². The number of amides is 12. The molecule has 25 nitrogen and oxygen atoms in total. The maximum Gasteiger partial charge on any atom is 0.394 e. The van der Waals surface area contributed by atoms with Crippen molar-refractivity contribution in [1.29, 1.82) is 0 Å². The van der Waals surface area contributed by atoms with Gasteiger partial charge in [0.15, 0.2) is 0 Å². The Labute approximate surface area is 638 Å². The van der Waals surface area contributed by atoms with Crippen molar-refractivity contribution in [2.75, 3.05) is 89.2 Å². The third-order valence-electron chi connectivity index (χ3n) is 24.5. The normalized spacial score (nSPS) is 31.8. The minimum absolute atomic E-state index is 0.00953. The molecule has 610 valence electrons. The van der Waals surface area contributed by atoms with Crippen molar-refractivity contribution in [1.82, 2.24) is 60.0 Å². The Kier molecular flexibility index (Phi) is 31.7. The molecule has 3 unspecified atom stereocenters. The van der Waals surface area contributed by atoms with Crippen LogP contribution in [0, 0.1) is 40.9 Å². The summed E-state index contributed by atoms with van der Waals surface area (Å²) in [4.78, 5) is 194. The van der Waals surface area contributed by atoms with Gasteiger partial charge in [-0.2, -0.15) is 13.2 Å². The SMILES string of the molecule is CCC[C@H]1CC(=O)N[C@@H](C(C)C)C(=O)N(C)CC(=O)N(C)[C@H]2CC/C=C\CCCN(C2=O)[C@@H](CC2CCC(C)CC2)C(=O)N(C)CC(=O)N[C@@H](CCC2CCC(C(F)(F)F)C(F)C2)C(=O)N2CC[C@H](OCC)CC[C@H]2C(=O)NC2(CC(C)(C)C2)C(=O)N(C)[C@@H](C2CCC2)C(=O)N(C)[C@H](C(=O)N(C)C)CC(=O)N1C. The fourth-order valence-corrected chi connectivity index (χ4v) is 17.9. The number of fused-ring (bicyclic) bond motifs is 3. The molecule has 6 fully saturated rings. The van der Waals surface area contributed by atoms with Crippen molar-refractivity contribution in [3.05, 3.63) is 12.2 Å². The number of alkyl halides is 4. The molecule has 2 saturated heterocycles. The van der Waals surface area contributed by atoms with E-state index in [0.717, 1.165) is 32.1 Å². The molecule has 2 bridgehead atoms. The minimum Gasteiger partial charge on any atom is -0.378 e. The summed E-state index contributed by atoms with van der Waals surface area (Å²) >= 11 is 0. The minimum atomic E-state index is -4.77. The molecule has 3 heterocycles. The van der Waals surface area contributed by atoms with Gasteiger partial charge < -0.3 is 64.8 Å². The van der Waals surface area contributed by atoms with Crippen LogP contribution in [0.1, 0.15) is 215 Å². The second-order valence-corrected chi connectivity index (χ2v) is 34.0. The second-order valence-electron chi connectivity index (χ2n) is 34.0. The average molecular weight is 1530 g/mol. The standard InChI is InChI=1S/C79H128F4N12O13/c1-16-24-54-43-63(96)85-67(49(3)4)74(105)89(11)46-66(99)91(13)60-27-21-19-18-20-22-39-94(73(60)104)62(42-52-30-28-50(5)29-31-52)72(103)88(10)45-64(97)84-58(36-33-51-32-35-56(57(80)41-51)79(81,82)83)70(101)95-40-38-55(108-17-2)34-37-59(95)69(100)86-78(47-77(6,7)48-78)76(107)93(15)68(53-25-23-26-53)75(106)92(14)61(71(102)87(8)9)44-65(98)90(54)12/h18-19,49-62,67-68H,16-17,20-48H2,1-15H3,(H,84,97)(H,85,96)(H,86,100)/b19-18-/t50?,51?,52?,54-,55+,56?,57?,58-,59-,60-,61-,62-,67-,68-/m0/s1. The molecule has 3 N–H and O–H groups in total. The molecular weight excluding hydrogens is 1400 g/mol. The lowest BCUT2D eigenvalue weighted by Crippen LogP contribution is -2.72. The summed E-state index contributed by atoms with van der Waals surface area (Å²) in [7, 11) is 11.7. The largest absolute Gasteiger partial charge is 0.394 e. The predicted molar refractivity (Wildman–Crippen MR) is 399 cm³/mol. The summed E-state index contributed by atoms with van der Waals surface area (Å²) in [6.45, 7) is 12.3. The van der Waals surface area contributed by atoms with Crippen LogP contribution >= 0.6 is 0 Å². The Morgan fingerprint density at radius 2 is 1.29 bits per heavy atom. The fraction of sp³-hybridized carbons (Fsp3) is 0.823. The number of halogens is 4. The molecule has 1 spiro atoms. The molecule has 4 aliphatic carbocycles. The van der Waals surface area contributed by atoms with E-state index in [4.69, 9.17) is 4.74 Å². The van der Waals surface area contributed by atoms with Gasteiger partial charge >= 0.3 is 6.18 Å². The Bertz CT molecular complexity index is 3190. The highest BCUT2D eigenvalue weighted by Crippen LogP contribution is 2.50. The zero-order valence-corrected chi connectivity index (χ0v) is 67.2. The van der Waals surface area contributed by atoms with Crippen LogP contribution in [0.4, 0.5) is 17.6 Å². The van der Waals surface area contributed by atoms with Crippen molar-refractivity contribution in [3.8, 4) is 0 Å². The van der Waals surface area contributed by atoms with Crippen LogP contribution in [0.5, 0.6) is 0 Å². The quantitative estimate of drug-likeness (QED) is 0.127. The van der Waals surface area contributed by atoms with Crippen LogP contribution in [0.15, 0.2) is 12.2 Å². The van der Waals surface area contributed by atoms with Gasteiger partial charge in [-0.25, -0.2) is 4.39 Å². The van der Waals surface area contributed by atoms with E-state index in [-0.39, 0.29) is 89.6 Å². The van der Waals surface area contributed by atoms with Gasteiger partial charge in [0.25, 0.3) is 0 Å². The summed E-state index contributed by atoms with van der Waals surface area (Å²) in [6.07, 6.45) is 2.84. The molecule has 0 aromatic heterocycles. The highest BCUT2D eigenvalue weighted by Gasteiger charge is 2.59. The maximum atomic E-state index is 15.9. The lowest BCUT2D eigenvalue weighted by atomic mass is 9.58. The molecule has 29 heteroatoms. The fourth-order valence-electron chi connectivity index (χ4n) is 17.9. The number of likely N-dealkylation sites (N-methyl/N-ethyl adjacent to an activating group) is 6. The second kappa shape index (κ2) is 38.8. The molecule has 7 aliphatic rings. The third-order valence-corrected chi connectivity index (χ3v) is 24.5. The number of nitrogens with one attached hydrogen (secondary N) is 3. The predicted octanol–water partition coefficient (Wildman–Crippen LogP) is 7.42. The first-order valence-electron chi connectivity index (χ1n) is 40.0. The van der Waals surface area contributed by atoms with Crippen LogP contribution in [-0.4, -0.2) is 276 Å². The molecular formula is C79H128F4N12O13. The van der Waals surface area contributed by atoms with E-state index < -0.39 is 205 Å². The van der Waals surface area contributed by atoms with Crippen LogP contribution in [-0.2, 0) is 62.3 Å². The van der Waals surface area contributed by atoms with E-state index >= 15 is 38.0 Å². The number of carbonyl (C=O) groups is 12. The molecule has 108 heavy (non-hydrogen) atoms. The van der Waals surface area contributed by atoms with Gasteiger partial charge in [0.05, 0.1) is 31.5 Å². The Balaban J connectivity index is 1.33. The van der Waals surface area contributed by atoms with E-state index in [1.165, 1.54) is 100 Å². The van der Waals surface area contributed by atoms with Crippen molar-refractivity contribution in [2.24, 2.45) is 40.9 Å². The molecule has 0 aromatic rings. The summed E-state index contributed by atoms with van der Waals surface area (Å²) < 4.78 is 63.9. The molecule has 4 saturated carbocycles. The monoisotopic (exact) mass is 1530 g/mol. The average Bonchev–Trinajstić information content (AvgIpc) is 0.761. The molecule has 3 aliphatic heterocycles. The summed E-state index contributed by atoms with van der Waals surface area (Å²) in [5.74, 6) is -10.9. The van der Waals surface area contributed by atoms with Crippen molar-refractivity contribution in [3.63, 3.8) is 0 Å². The smallest absolute Gasteiger partial charge is 0.378 e. The lowest BCUT2D eigenvalue weighted by Gasteiger charge is -2.55. The number of carbonyl (C=O) groups excluding carboxylic acids is 12. The molecule has 12 atom stereocenters. The molecule has 12 amide bonds. The van der Waals surface area contributed by atoms with E-state index in [0.29, 0.717) is 57.5 Å². The van der Waals surface area contributed by atoms with Crippen molar-refractivity contribution >= 4 is 70.9 Å². The van der Waals surface area contributed by atoms with Gasteiger partial charge in [-0.1, -0.05) is 92.2 Å². The summed E-state index contributed by atoms with van der Waals surface area (Å²) in [6, 6.07) is -9.61. The molecule has 0 aromatic carbocycles. The van der Waals surface area contributed by atoms with Crippen LogP contribution in [0.3, 0.4) is 0 Å². The number of allylic oxidation sites excluding steroid dienone is 2. The van der Waals surface area contributed by atoms with Gasteiger partial charge in [0.2, 0.25) is 70.9 Å². The first kappa shape index (κ1) is 88.3. The zero-order valence-electron chi connectivity index (χ0n) is 67.2.